The smallest absolute Gasteiger partial charge is 0.126 e. The van der Waals surface area contributed by atoms with Crippen LogP contribution in [-0.4, -0.2) is 6.54 Å². The van der Waals surface area contributed by atoms with E-state index < -0.39 is 0 Å². The minimum atomic E-state index is -0.184. The van der Waals surface area contributed by atoms with Crippen LogP contribution in [0.2, 0.25) is 0 Å². The normalized spacial score (nSPS) is 14.5. The maximum Gasteiger partial charge on any atom is 0.126 e. The third-order valence-corrected chi connectivity index (χ3v) is 4.28. The SMILES string of the molecule is CC(CN)(Cc1ccccc1F)c1cccs1. The summed E-state index contributed by atoms with van der Waals surface area (Å²) in [6.07, 6.45) is 0.636. The molecule has 0 bridgehead atoms. The van der Waals surface area contributed by atoms with Gasteiger partial charge in [0.1, 0.15) is 5.82 Å². The average molecular weight is 249 g/mol. The third-order valence-electron chi connectivity index (χ3n) is 3.11. The summed E-state index contributed by atoms with van der Waals surface area (Å²) in [5.74, 6) is -0.149. The summed E-state index contributed by atoms with van der Waals surface area (Å²) < 4.78 is 13.7. The third kappa shape index (κ3) is 2.56. The van der Waals surface area contributed by atoms with Gasteiger partial charge in [-0.1, -0.05) is 31.2 Å². The van der Waals surface area contributed by atoms with Gasteiger partial charge in [-0.3, -0.25) is 0 Å². The van der Waals surface area contributed by atoms with E-state index in [0.717, 1.165) is 5.56 Å². The van der Waals surface area contributed by atoms with Crippen molar-refractivity contribution in [3.05, 3.63) is 58.0 Å². The minimum Gasteiger partial charge on any atom is -0.330 e. The molecule has 0 spiro atoms. The lowest BCUT2D eigenvalue weighted by atomic mass is 9.82. The fraction of sp³-hybridized carbons (Fsp3) is 0.286. The second-order valence-corrected chi connectivity index (χ2v) is 5.46. The molecule has 3 heteroatoms. The number of rotatable bonds is 4. The van der Waals surface area contributed by atoms with Crippen molar-refractivity contribution in [2.24, 2.45) is 5.73 Å². The summed E-state index contributed by atoms with van der Waals surface area (Å²) in [4.78, 5) is 1.21. The zero-order valence-corrected chi connectivity index (χ0v) is 10.6. The number of thiophene rings is 1. The van der Waals surface area contributed by atoms with Crippen LogP contribution in [0.4, 0.5) is 4.39 Å². The Morgan fingerprint density at radius 2 is 2.00 bits per heavy atom. The van der Waals surface area contributed by atoms with Crippen molar-refractivity contribution in [2.75, 3.05) is 6.54 Å². The summed E-state index contributed by atoms with van der Waals surface area (Å²) in [5.41, 5.74) is 6.43. The highest BCUT2D eigenvalue weighted by Crippen LogP contribution is 2.31. The standard InChI is InChI=1S/C14H16FNS/c1-14(10-16,13-7-4-8-17-13)9-11-5-2-3-6-12(11)15/h2-8H,9-10,16H2,1H3. The van der Waals surface area contributed by atoms with Gasteiger partial charge in [-0.15, -0.1) is 11.3 Å². The fourth-order valence-electron chi connectivity index (χ4n) is 1.94. The molecule has 0 fully saturated rings. The second-order valence-electron chi connectivity index (χ2n) is 4.51. The molecule has 0 amide bonds. The molecular weight excluding hydrogens is 233 g/mol. The summed E-state index contributed by atoms with van der Waals surface area (Å²) >= 11 is 1.68. The minimum absolute atomic E-state index is 0.149. The predicted octanol–water partition coefficient (Wildman–Crippen LogP) is 3.35. The molecule has 2 rings (SSSR count). The second kappa shape index (κ2) is 4.98. The van der Waals surface area contributed by atoms with E-state index in [2.05, 4.69) is 13.0 Å². The summed E-state index contributed by atoms with van der Waals surface area (Å²) in [6, 6.07) is 11.0. The Bertz CT molecular complexity index is 481. The summed E-state index contributed by atoms with van der Waals surface area (Å²) in [5, 5.41) is 2.03. The van der Waals surface area contributed by atoms with Gasteiger partial charge in [-0.2, -0.15) is 0 Å². The number of hydrogen-bond donors (Lipinski definition) is 1. The van der Waals surface area contributed by atoms with E-state index >= 15 is 0 Å². The molecule has 0 aliphatic carbocycles. The highest BCUT2D eigenvalue weighted by Gasteiger charge is 2.27. The van der Waals surface area contributed by atoms with Crippen molar-refractivity contribution in [1.82, 2.24) is 0 Å². The van der Waals surface area contributed by atoms with Gasteiger partial charge >= 0.3 is 0 Å². The van der Waals surface area contributed by atoms with Gasteiger partial charge in [-0.05, 0) is 29.5 Å². The van der Waals surface area contributed by atoms with Crippen molar-refractivity contribution in [3.63, 3.8) is 0 Å². The molecule has 2 aromatic rings. The first-order valence-corrected chi connectivity index (χ1v) is 6.51. The van der Waals surface area contributed by atoms with Crippen LogP contribution in [-0.2, 0) is 11.8 Å². The topological polar surface area (TPSA) is 26.0 Å². The van der Waals surface area contributed by atoms with Crippen LogP contribution >= 0.6 is 11.3 Å². The van der Waals surface area contributed by atoms with E-state index in [-0.39, 0.29) is 11.2 Å². The van der Waals surface area contributed by atoms with Crippen molar-refractivity contribution in [3.8, 4) is 0 Å². The van der Waals surface area contributed by atoms with Gasteiger partial charge in [0.05, 0.1) is 0 Å². The lowest BCUT2D eigenvalue weighted by Gasteiger charge is -2.27. The molecule has 1 unspecified atom stereocenters. The highest BCUT2D eigenvalue weighted by molar-refractivity contribution is 7.10. The monoisotopic (exact) mass is 249 g/mol. The number of benzene rings is 1. The molecule has 0 aliphatic heterocycles. The number of halogens is 1. The van der Waals surface area contributed by atoms with Crippen molar-refractivity contribution < 1.29 is 4.39 Å². The first-order chi connectivity index (χ1) is 8.15. The van der Waals surface area contributed by atoms with E-state index in [0.29, 0.717) is 13.0 Å². The lowest BCUT2D eigenvalue weighted by molar-refractivity contribution is 0.475. The van der Waals surface area contributed by atoms with Gasteiger partial charge in [0.25, 0.3) is 0 Å². The molecule has 0 aliphatic rings. The van der Waals surface area contributed by atoms with E-state index in [4.69, 9.17) is 5.73 Å². The quantitative estimate of drug-likeness (QED) is 0.883. The molecule has 0 saturated carbocycles. The highest BCUT2D eigenvalue weighted by atomic mass is 32.1. The fourth-order valence-corrected chi connectivity index (χ4v) is 2.84. The Hall–Kier alpha value is -1.19. The predicted molar refractivity (Wildman–Crippen MR) is 70.8 cm³/mol. The van der Waals surface area contributed by atoms with Gasteiger partial charge in [0, 0.05) is 16.8 Å². The van der Waals surface area contributed by atoms with E-state index in [1.165, 1.54) is 10.9 Å². The van der Waals surface area contributed by atoms with E-state index in [1.54, 1.807) is 17.4 Å². The average Bonchev–Trinajstić information content (AvgIpc) is 2.86. The Labute approximate surface area is 105 Å². The van der Waals surface area contributed by atoms with Gasteiger partial charge in [0.15, 0.2) is 0 Å². The van der Waals surface area contributed by atoms with Crippen LogP contribution in [0.5, 0.6) is 0 Å². The molecule has 1 aromatic carbocycles. The molecule has 1 atom stereocenters. The summed E-state index contributed by atoms with van der Waals surface area (Å²) in [6.45, 7) is 2.60. The largest absolute Gasteiger partial charge is 0.330 e. The summed E-state index contributed by atoms with van der Waals surface area (Å²) in [7, 11) is 0. The molecule has 1 aromatic heterocycles. The first-order valence-electron chi connectivity index (χ1n) is 5.63. The van der Waals surface area contributed by atoms with Gasteiger partial charge in [-0.25, -0.2) is 4.39 Å². The number of nitrogens with two attached hydrogens (primary N) is 1. The van der Waals surface area contributed by atoms with Crippen molar-refractivity contribution in [1.29, 1.82) is 0 Å². The van der Waals surface area contributed by atoms with Crippen LogP contribution < -0.4 is 5.73 Å². The van der Waals surface area contributed by atoms with Gasteiger partial charge in [0.2, 0.25) is 0 Å². The molecule has 1 heterocycles. The molecule has 90 valence electrons. The van der Waals surface area contributed by atoms with Crippen molar-refractivity contribution >= 4 is 11.3 Å². The zero-order valence-electron chi connectivity index (χ0n) is 9.82. The van der Waals surface area contributed by atoms with Crippen molar-refractivity contribution in [2.45, 2.75) is 18.8 Å². The number of hydrogen-bond acceptors (Lipinski definition) is 2. The zero-order chi connectivity index (χ0) is 12.3. The Morgan fingerprint density at radius 1 is 1.24 bits per heavy atom. The molecular formula is C14H16FNS. The van der Waals surface area contributed by atoms with Crippen LogP contribution in [0.3, 0.4) is 0 Å². The lowest BCUT2D eigenvalue weighted by Crippen LogP contribution is -2.33. The van der Waals surface area contributed by atoms with Crippen LogP contribution in [0, 0.1) is 5.82 Å². The Balaban J connectivity index is 2.30. The van der Waals surface area contributed by atoms with Gasteiger partial charge < -0.3 is 5.73 Å². The maximum absolute atomic E-state index is 13.7. The maximum atomic E-state index is 13.7. The molecule has 17 heavy (non-hydrogen) atoms. The molecule has 0 radical (unpaired) electrons. The van der Waals surface area contributed by atoms with E-state index in [1.807, 2.05) is 23.6 Å². The van der Waals surface area contributed by atoms with Crippen LogP contribution in [0.15, 0.2) is 41.8 Å². The van der Waals surface area contributed by atoms with E-state index in [9.17, 15) is 4.39 Å². The molecule has 2 N–H and O–H groups in total. The Morgan fingerprint density at radius 3 is 2.59 bits per heavy atom. The van der Waals surface area contributed by atoms with Crippen LogP contribution in [0.25, 0.3) is 0 Å². The molecule has 0 saturated heterocycles. The first kappa shape index (κ1) is 12.3. The Kier molecular flexibility index (Phi) is 3.60. The molecule has 1 nitrogen and oxygen atoms in total. The van der Waals surface area contributed by atoms with Crippen LogP contribution in [0.1, 0.15) is 17.4 Å².